The second-order valence-corrected chi connectivity index (χ2v) is 5.46. The molecule has 4 heteroatoms. The molecule has 2 atom stereocenters. The first-order valence-electron chi connectivity index (χ1n) is 6.83. The van der Waals surface area contributed by atoms with Gasteiger partial charge in [0, 0.05) is 11.8 Å². The van der Waals surface area contributed by atoms with E-state index in [2.05, 4.69) is 22.3 Å². The van der Waals surface area contributed by atoms with E-state index >= 15 is 0 Å². The van der Waals surface area contributed by atoms with E-state index in [4.69, 9.17) is 9.26 Å². The van der Waals surface area contributed by atoms with E-state index in [1.54, 1.807) is 7.11 Å². The summed E-state index contributed by atoms with van der Waals surface area (Å²) in [6, 6.07) is 8.18. The largest absolute Gasteiger partial charge is 0.496 e. The Kier molecular flexibility index (Phi) is 2.37. The highest BCUT2D eigenvalue weighted by Gasteiger charge is 2.45. The Morgan fingerprint density at radius 3 is 2.84 bits per heavy atom. The monoisotopic (exact) mass is 256 g/mol. The van der Waals surface area contributed by atoms with Gasteiger partial charge in [0.15, 0.2) is 5.82 Å². The van der Waals surface area contributed by atoms with Gasteiger partial charge in [-0.3, -0.25) is 0 Å². The number of aromatic nitrogens is 2. The quantitative estimate of drug-likeness (QED) is 0.842. The summed E-state index contributed by atoms with van der Waals surface area (Å²) in [6.45, 7) is 0. The Balaban J connectivity index is 1.55. The molecule has 0 amide bonds. The van der Waals surface area contributed by atoms with Crippen LogP contribution in [0.15, 0.2) is 28.8 Å². The van der Waals surface area contributed by atoms with Gasteiger partial charge in [-0.1, -0.05) is 23.4 Å². The minimum Gasteiger partial charge on any atom is -0.496 e. The molecule has 0 radical (unpaired) electrons. The summed E-state index contributed by atoms with van der Waals surface area (Å²) in [7, 11) is 1.72. The summed E-state index contributed by atoms with van der Waals surface area (Å²) in [5, 5.41) is 4.09. The standard InChI is InChI=1S/C15H16N2O2/c1-18-13-5-3-2-4-10(13)11-8-12(11)15-16-14(17-19-15)9-6-7-9/h2-5,9,11-12H,6-8H2,1H3/t11-,12+/m0/s1. The summed E-state index contributed by atoms with van der Waals surface area (Å²) >= 11 is 0. The maximum absolute atomic E-state index is 5.42. The van der Waals surface area contributed by atoms with Gasteiger partial charge < -0.3 is 9.26 Å². The highest BCUT2D eigenvalue weighted by Crippen LogP contribution is 2.56. The molecule has 0 bridgehead atoms. The number of para-hydroxylation sites is 1. The van der Waals surface area contributed by atoms with Crippen molar-refractivity contribution in [1.82, 2.24) is 10.1 Å². The van der Waals surface area contributed by atoms with Crippen LogP contribution in [0, 0.1) is 0 Å². The van der Waals surface area contributed by atoms with E-state index in [1.807, 2.05) is 12.1 Å². The fourth-order valence-electron chi connectivity index (χ4n) is 2.69. The van der Waals surface area contributed by atoms with Crippen LogP contribution in [0.2, 0.25) is 0 Å². The fraction of sp³-hybridized carbons (Fsp3) is 0.467. The first kappa shape index (κ1) is 11.0. The third-order valence-electron chi connectivity index (χ3n) is 4.05. The van der Waals surface area contributed by atoms with Gasteiger partial charge in [0.1, 0.15) is 5.75 Å². The van der Waals surface area contributed by atoms with E-state index < -0.39 is 0 Å². The van der Waals surface area contributed by atoms with Crippen LogP contribution in [0.5, 0.6) is 5.75 Å². The van der Waals surface area contributed by atoms with Gasteiger partial charge in [0.2, 0.25) is 5.89 Å². The van der Waals surface area contributed by atoms with Crippen LogP contribution in [0.25, 0.3) is 0 Å². The average Bonchev–Trinajstić information content (AvgIpc) is 3.38. The van der Waals surface area contributed by atoms with Gasteiger partial charge >= 0.3 is 0 Å². The van der Waals surface area contributed by atoms with Crippen molar-refractivity contribution in [3.8, 4) is 5.75 Å². The molecule has 1 aromatic carbocycles. The third kappa shape index (κ3) is 1.91. The molecule has 98 valence electrons. The van der Waals surface area contributed by atoms with Crippen molar-refractivity contribution in [2.75, 3.05) is 7.11 Å². The summed E-state index contributed by atoms with van der Waals surface area (Å²) in [6.07, 6.45) is 3.49. The van der Waals surface area contributed by atoms with Gasteiger partial charge in [-0.15, -0.1) is 0 Å². The molecular weight excluding hydrogens is 240 g/mol. The Hall–Kier alpha value is -1.84. The molecular formula is C15H16N2O2. The molecule has 1 heterocycles. The molecule has 4 rings (SSSR count). The van der Waals surface area contributed by atoms with Crippen LogP contribution >= 0.6 is 0 Å². The van der Waals surface area contributed by atoms with E-state index in [9.17, 15) is 0 Å². The predicted octanol–water partition coefficient (Wildman–Crippen LogP) is 3.23. The van der Waals surface area contributed by atoms with Crippen LogP contribution < -0.4 is 4.74 Å². The lowest BCUT2D eigenvalue weighted by molar-refractivity contribution is 0.372. The Labute approximate surface area is 111 Å². The molecule has 2 aliphatic carbocycles. The van der Waals surface area contributed by atoms with Crippen molar-refractivity contribution in [2.24, 2.45) is 0 Å². The third-order valence-corrected chi connectivity index (χ3v) is 4.05. The van der Waals surface area contributed by atoms with Crippen molar-refractivity contribution < 1.29 is 9.26 Å². The summed E-state index contributed by atoms with van der Waals surface area (Å²) in [5.41, 5.74) is 1.25. The van der Waals surface area contributed by atoms with Gasteiger partial charge in [0.05, 0.1) is 7.11 Å². The van der Waals surface area contributed by atoms with Crippen LogP contribution in [0.4, 0.5) is 0 Å². The first-order chi connectivity index (χ1) is 9.36. The Morgan fingerprint density at radius 1 is 1.21 bits per heavy atom. The maximum Gasteiger partial charge on any atom is 0.230 e. The zero-order valence-corrected chi connectivity index (χ0v) is 10.9. The fourth-order valence-corrected chi connectivity index (χ4v) is 2.69. The molecule has 1 aromatic heterocycles. The normalized spacial score (nSPS) is 25.3. The Bertz CT molecular complexity index is 604. The van der Waals surface area contributed by atoms with Crippen LogP contribution in [0.3, 0.4) is 0 Å². The molecule has 19 heavy (non-hydrogen) atoms. The SMILES string of the molecule is COc1ccccc1[C@@H]1C[C@H]1c1nc(C2CC2)no1. The van der Waals surface area contributed by atoms with E-state index in [1.165, 1.54) is 18.4 Å². The van der Waals surface area contributed by atoms with Crippen LogP contribution in [0.1, 0.15) is 54.3 Å². The second kappa shape index (κ2) is 4.08. The number of benzene rings is 1. The smallest absolute Gasteiger partial charge is 0.230 e. The molecule has 2 aromatic rings. The van der Waals surface area contributed by atoms with Crippen molar-refractivity contribution in [2.45, 2.75) is 37.0 Å². The zero-order chi connectivity index (χ0) is 12.8. The molecule has 0 saturated heterocycles. The van der Waals surface area contributed by atoms with E-state index in [0.29, 0.717) is 17.8 Å². The molecule has 0 spiro atoms. The highest BCUT2D eigenvalue weighted by molar-refractivity contribution is 5.41. The Morgan fingerprint density at radius 2 is 2.05 bits per heavy atom. The van der Waals surface area contributed by atoms with Crippen LogP contribution in [-0.2, 0) is 0 Å². The molecule has 0 N–H and O–H groups in total. The average molecular weight is 256 g/mol. The number of hydrogen-bond donors (Lipinski definition) is 0. The molecule has 2 fully saturated rings. The van der Waals surface area contributed by atoms with Crippen molar-refractivity contribution in [3.63, 3.8) is 0 Å². The van der Waals surface area contributed by atoms with Gasteiger partial charge in [-0.25, -0.2) is 0 Å². The second-order valence-electron chi connectivity index (χ2n) is 5.46. The topological polar surface area (TPSA) is 48.2 Å². The van der Waals surface area contributed by atoms with Crippen LogP contribution in [-0.4, -0.2) is 17.3 Å². The summed E-state index contributed by atoms with van der Waals surface area (Å²) in [4.78, 5) is 4.55. The van der Waals surface area contributed by atoms with Gasteiger partial charge in [0.25, 0.3) is 0 Å². The van der Waals surface area contributed by atoms with E-state index in [-0.39, 0.29) is 0 Å². The minimum absolute atomic E-state index is 0.372. The molecule has 2 saturated carbocycles. The molecule has 2 aliphatic rings. The van der Waals surface area contributed by atoms with Gasteiger partial charge in [-0.05, 0) is 36.8 Å². The van der Waals surface area contributed by atoms with Crippen molar-refractivity contribution in [1.29, 1.82) is 0 Å². The first-order valence-corrected chi connectivity index (χ1v) is 6.83. The van der Waals surface area contributed by atoms with E-state index in [0.717, 1.165) is 23.9 Å². The lowest BCUT2D eigenvalue weighted by Gasteiger charge is -2.06. The zero-order valence-electron chi connectivity index (χ0n) is 10.9. The summed E-state index contributed by atoms with van der Waals surface area (Å²) < 4.78 is 10.8. The van der Waals surface area contributed by atoms with Crippen molar-refractivity contribution >= 4 is 0 Å². The molecule has 4 nitrogen and oxygen atoms in total. The molecule has 0 aliphatic heterocycles. The number of rotatable bonds is 4. The lowest BCUT2D eigenvalue weighted by Crippen LogP contribution is -1.91. The predicted molar refractivity (Wildman–Crippen MR) is 69.4 cm³/mol. The number of ether oxygens (including phenoxy) is 1. The number of methoxy groups -OCH3 is 1. The maximum atomic E-state index is 5.42. The lowest BCUT2D eigenvalue weighted by atomic mass is 10.1. The van der Waals surface area contributed by atoms with Crippen molar-refractivity contribution in [3.05, 3.63) is 41.5 Å². The number of nitrogens with zero attached hydrogens (tertiary/aromatic N) is 2. The summed E-state index contributed by atoms with van der Waals surface area (Å²) in [5.74, 6) is 4.05. The highest BCUT2D eigenvalue weighted by atomic mass is 16.5. The molecule has 0 unspecified atom stereocenters. The van der Waals surface area contributed by atoms with Gasteiger partial charge in [-0.2, -0.15) is 4.98 Å². The minimum atomic E-state index is 0.372. The number of hydrogen-bond acceptors (Lipinski definition) is 4.